The third-order valence-electron chi connectivity index (χ3n) is 1.99. The van der Waals surface area contributed by atoms with E-state index in [1.165, 1.54) is 6.20 Å². The van der Waals surface area contributed by atoms with Gasteiger partial charge in [-0.25, -0.2) is 0 Å². The molecule has 0 spiro atoms. The van der Waals surface area contributed by atoms with E-state index in [4.69, 9.17) is 11.6 Å². The van der Waals surface area contributed by atoms with E-state index in [1.54, 1.807) is 24.1 Å². The lowest BCUT2D eigenvalue weighted by Crippen LogP contribution is -2.33. The highest BCUT2D eigenvalue weighted by atomic mass is 35.5. The van der Waals surface area contributed by atoms with Crippen molar-refractivity contribution in [1.82, 2.24) is 15.2 Å². The topological polar surface area (TPSA) is 45.2 Å². The number of halogens is 1. The highest BCUT2D eigenvalue weighted by Gasteiger charge is 2.12. The SMILES string of the molecule is CNCCN(C)C(=O)c1cc(Cl)ccn1. The number of likely N-dealkylation sites (N-methyl/N-ethyl adjacent to an activating group) is 2. The molecular weight excluding hydrogens is 214 g/mol. The second-order valence-electron chi connectivity index (χ2n) is 3.19. The second-order valence-corrected chi connectivity index (χ2v) is 3.63. The molecule has 0 saturated heterocycles. The van der Waals surface area contributed by atoms with Crippen LogP contribution < -0.4 is 5.32 Å². The predicted molar refractivity (Wildman–Crippen MR) is 60.1 cm³/mol. The van der Waals surface area contributed by atoms with Gasteiger partial charge >= 0.3 is 0 Å². The van der Waals surface area contributed by atoms with Gasteiger partial charge < -0.3 is 10.2 Å². The molecule has 82 valence electrons. The van der Waals surface area contributed by atoms with Crippen LogP contribution in [0, 0.1) is 0 Å². The molecule has 1 amide bonds. The molecule has 0 aromatic carbocycles. The van der Waals surface area contributed by atoms with Gasteiger partial charge in [0.15, 0.2) is 0 Å². The maximum Gasteiger partial charge on any atom is 0.272 e. The van der Waals surface area contributed by atoms with E-state index in [-0.39, 0.29) is 5.91 Å². The third kappa shape index (κ3) is 3.49. The van der Waals surface area contributed by atoms with E-state index in [1.807, 2.05) is 7.05 Å². The van der Waals surface area contributed by atoms with Crippen LogP contribution in [-0.2, 0) is 0 Å². The van der Waals surface area contributed by atoms with Crippen LogP contribution in [0.15, 0.2) is 18.3 Å². The molecule has 1 heterocycles. The van der Waals surface area contributed by atoms with E-state index in [0.717, 1.165) is 6.54 Å². The molecule has 1 N–H and O–H groups in total. The Morgan fingerprint density at radius 3 is 3.00 bits per heavy atom. The van der Waals surface area contributed by atoms with Crippen LogP contribution in [0.3, 0.4) is 0 Å². The minimum atomic E-state index is -0.118. The number of carbonyl (C=O) groups excluding carboxylic acids is 1. The molecule has 15 heavy (non-hydrogen) atoms. The number of hydrogen-bond donors (Lipinski definition) is 1. The predicted octanol–water partition coefficient (Wildman–Crippen LogP) is 1.03. The molecule has 0 fully saturated rings. The lowest BCUT2D eigenvalue weighted by molar-refractivity contribution is 0.0791. The zero-order chi connectivity index (χ0) is 11.3. The van der Waals surface area contributed by atoms with Crippen LogP contribution in [-0.4, -0.2) is 43.0 Å². The van der Waals surface area contributed by atoms with Crippen molar-refractivity contribution in [3.63, 3.8) is 0 Å². The molecule has 0 aliphatic carbocycles. The van der Waals surface area contributed by atoms with Gasteiger partial charge in [-0.1, -0.05) is 11.6 Å². The van der Waals surface area contributed by atoms with E-state index >= 15 is 0 Å². The molecule has 1 aromatic heterocycles. The first-order valence-electron chi connectivity index (χ1n) is 4.66. The van der Waals surface area contributed by atoms with Gasteiger partial charge in [-0.3, -0.25) is 9.78 Å². The Hall–Kier alpha value is -1.13. The fraction of sp³-hybridized carbons (Fsp3) is 0.400. The minimum Gasteiger partial charge on any atom is -0.339 e. The molecular formula is C10H14ClN3O. The van der Waals surface area contributed by atoms with Crippen LogP contribution in [0.1, 0.15) is 10.5 Å². The van der Waals surface area contributed by atoms with Gasteiger partial charge in [0.05, 0.1) is 0 Å². The lowest BCUT2D eigenvalue weighted by atomic mass is 10.3. The van der Waals surface area contributed by atoms with E-state index in [2.05, 4.69) is 10.3 Å². The Labute approximate surface area is 94.3 Å². The highest BCUT2D eigenvalue weighted by Crippen LogP contribution is 2.09. The minimum absolute atomic E-state index is 0.118. The fourth-order valence-electron chi connectivity index (χ4n) is 1.10. The number of hydrogen-bond acceptors (Lipinski definition) is 3. The molecule has 1 aromatic rings. The van der Waals surface area contributed by atoms with E-state index < -0.39 is 0 Å². The van der Waals surface area contributed by atoms with E-state index in [9.17, 15) is 4.79 Å². The second kappa shape index (κ2) is 5.68. The van der Waals surface area contributed by atoms with E-state index in [0.29, 0.717) is 17.3 Å². The first-order valence-corrected chi connectivity index (χ1v) is 5.04. The Kier molecular flexibility index (Phi) is 4.52. The summed E-state index contributed by atoms with van der Waals surface area (Å²) in [5.74, 6) is -0.118. The first-order chi connectivity index (χ1) is 7.15. The van der Waals surface area contributed by atoms with Crippen molar-refractivity contribution >= 4 is 17.5 Å². The van der Waals surface area contributed by atoms with Crippen molar-refractivity contribution in [1.29, 1.82) is 0 Å². The number of aromatic nitrogens is 1. The summed E-state index contributed by atoms with van der Waals surface area (Å²) in [6.45, 7) is 1.40. The highest BCUT2D eigenvalue weighted by molar-refractivity contribution is 6.30. The van der Waals surface area contributed by atoms with Crippen molar-refractivity contribution in [2.24, 2.45) is 0 Å². The number of pyridine rings is 1. The Balaban J connectivity index is 2.67. The Morgan fingerprint density at radius 1 is 1.67 bits per heavy atom. The molecule has 0 radical (unpaired) electrons. The molecule has 0 saturated carbocycles. The normalized spacial score (nSPS) is 10.1. The molecule has 0 atom stereocenters. The number of amides is 1. The molecule has 0 unspecified atom stereocenters. The zero-order valence-corrected chi connectivity index (χ0v) is 9.58. The number of carbonyl (C=O) groups is 1. The van der Waals surface area contributed by atoms with Crippen LogP contribution in [0.2, 0.25) is 5.02 Å². The molecule has 0 aliphatic rings. The van der Waals surface area contributed by atoms with Crippen LogP contribution in [0.4, 0.5) is 0 Å². The van der Waals surface area contributed by atoms with Gasteiger partial charge in [0.25, 0.3) is 5.91 Å². The van der Waals surface area contributed by atoms with Gasteiger partial charge in [-0.15, -0.1) is 0 Å². The number of nitrogens with zero attached hydrogens (tertiary/aromatic N) is 2. The van der Waals surface area contributed by atoms with Gasteiger partial charge in [0.2, 0.25) is 0 Å². The summed E-state index contributed by atoms with van der Waals surface area (Å²) in [5, 5.41) is 3.50. The summed E-state index contributed by atoms with van der Waals surface area (Å²) in [4.78, 5) is 17.4. The number of rotatable bonds is 4. The standard InChI is InChI=1S/C10H14ClN3O/c1-12-5-6-14(2)10(15)9-7-8(11)3-4-13-9/h3-4,7,12H,5-6H2,1-2H3. The molecule has 0 aliphatic heterocycles. The summed E-state index contributed by atoms with van der Waals surface area (Å²) in [6.07, 6.45) is 1.53. The summed E-state index contributed by atoms with van der Waals surface area (Å²) < 4.78 is 0. The van der Waals surface area contributed by atoms with Crippen molar-refractivity contribution < 1.29 is 4.79 Å². The third-order valence-corrected chi connectivity index (χ3v) is 2.22. The summed E-state index contributed by atoms with van der Waals surface area (Å²) in [7, 11) is 3.58. The zero-order valence-electron chi connectivity index (χ0n) is 8.83. The van der Waals surface area contributed by atoms with Gasteiger partial charge in [0.1, 0.15) is 5.69 Å². The average molecular weight is 228 g/mol. The summed E-state index contributed by atoms with van der Waals surface area (Å²) in [6, 6.07) is 3.21. The van der Waals surface area contributed by atoms with Crippen LogP contribution in [0.25, 0.3) is 0 Å². The first kappa shape index (κ1) is 11.9. The Bertz CT molecular complexity index is 343. The van der Waals surface area contributed by atoms with Crippen molar-refractivity contribution in [2.45, 2.75) is 0 Å². The Morgan fingerprint density at radius 2 is 2.40 bits per heavy atom. The maximum atomic E-state index is 11.8. The molecule has 5 heteroatoms. The van der Waals surface area contributed by atoms with Crippen molar-refractivity contribution in [3.8, 4) is 0 Å². The average Bonchev–Trinajstić information content (AvgIpc) is 2.24. The summed E-state index contributed by atoms with van der Waals surface area (Å²) in [5.41, 5.74) is 0.376. The molecule has 0 bridgehead atoms. The quantitative estimate of drug-likeness (QED) is 0.836. The van der Waals surface area contributed by atoms with Gasteiger partial charge in [-0.2, -0.15) is 0 Å². The van der Waals surface area contributed by atoms with Gasteiger partial charge in [-0.05, 0) is 19.2 Å². The van der Waals surface area contributed by atoms with Gasteiger partial charge in [0, 0.05) is 31.4 Å². The summed E-state index contributed by atoms with van der Waals surface area (Å²) >= 11 is 5.77. The molecule has 1 rings (SSSR count). The van der Waals surface area contributed by atoms with Crippen molar-refractivity contribution in [3.05, 3.63) is 29.0 Å². The smallest absolute Gasteiger partial charge is 0.272 e. The fourth-order valence-corrected chi connectivity index (χ4v) is 1.26. The monoisotopic (exact) mass is 227 g/mol. The maximum absolute atomic E-state index is 11.8. The number of nitrogens with one attached hydrogen (secondary N) is 1. The van der Waals surface area contributed by atoms with Crippen LogP contribution in [0.5, 0.6) is 0 Å². The lowest BCUT2D eigenvalue weighted by Gasteiger charge is -2.16. The largest absolute Gasteiger partial charge is 0.339 e. The molecule has 4 nitrogen and oxygen atoms in total. The van der Waals surface area contributed by atoms with Crippen molar-refractivity contribution in [2.75, 3.05) is 27.2 Å². The van der Waals surface area contributed by atoms with Crippen LogP contribution >= 0.6 is 11.6 Å².